The van der Waals surface area contributed by atoms with Crippen LogP contribution >= 0.6 is 35.0 Å². The van der Waals surface area contributed by atoms with Gasteiger partial charge in [0.25, 0.3) is 5.91 Å². The number of hydrogen-bond acceptors (Lipinski definition) is 6. The maximum Gasteiger partial charge on any atom is 0.263 e. The zero-order valence-corrected chi connectivity index (χ0v) is 20.5. The number of hydrogen-bond donors (Lipinski definition) is 2. The largest absolute Gasteiger partial charge is 0.324 e. The molecule has 3 heterocycles. The Bertz CT molecular complexity index is 1280. The number of carbonyl (C=O) groups excluding carboxylic acids is 1. The van der Waals surface area contributed by atoms with Gasteiger partial charge in [0, 0.05) is 17.4 Å². The second-order valence-electron chi connectivity index (χ2n) is 8.08. The predicted octanol–water partition coefficient (Wildman–Crippen LogP) is 5.69. The van der Waals surface area contributed by atoms with E-state index in [4.69, 9.17) is 29.6 Å². The van der Waals surface area contributed by atoms with Crippen LogP contribution in [-0.2, 0) is 0 Å². The van der Waals surface area contributed by atoms with Crippen LogP contribution in [0.5, 0.6) is 0 Å². The highest BCUT2D eigenvalue weighted by atomic mass is 35.5. The molecular formula is C25H21Cl2N5OS. The van der Waals surface area contributed by atoms with Crippen LogP contribution < -0.4 is 15.5 Å². The predicted molar refractivity (Wildman–Crippen MR) is 139 cm³/mol. The molecule has 0 atom stereocenters. The molecule has 0 unspecified atom stereocenters. The first-order valence-electron chi connectivity index (χ1n) is 10.9. The van der Waals surface area contributed by atoms with E-state index in [9.17, 15) is 4.79 Å². The summed E-state index contributed by atoms with van der Waals surface area (Å²) < 4.78 is 0. The number of benzene rings is 2. The maximum atomic E-state index is 13.1. The number of aromatic nitrogens is 2. The van der Waals surface area contributed by atoms with Gasteiger partial charge in [-0.25, -0.2) is 9.97 Å². The summed E-state index contributed by atoms with van der Waals surface area (Å²) in [5.74, 6) is 3.81. The third-order valence-electron chi connectivity index (χ3n) is 6.01. The van der Waals surface area contributed by atoms with Gasteiger partial charge in [0.2, 0.25) is 5.95 Å². The molecule has 34 heavy (non-hydrogen) atoms. The van der Waals surface area contributed by atoms with E-state index in [-0.39, 0.29) is 5.91 Å². The number of thioether (sulfide) groups is 1. The first-order chi connectivity index (χ1) is 16.5. The lowest BCUT2D eigenvalue weighted by atomic mass is 9.87. The van der Waals surface area contributed by atoms with Gasteiger partial charge in [-0.2, -0.15) is 0 Å². The van der Waals surface area contributed by atoms with Gasteiger partial charge in [0.1, 0.15) is 5.03 Å². The molecule has 2 aromatic carbocycles. The van der Waals surface area contributed by atoms with Crippen molar-refractivity contribution in [3.8, 4) is 12.3 Å². The Morgan fingerprint density at radius 3 is 2.68 bits per heavy atom. The molecule has 1 saturated heterocycles. The van der Waals surface area contributed by atoms with Gasteiger partial charge in [-0.05, 0) is 61.7 Å². The summed E-state index contributed by atoms with van der Waals surface area (Å²) in [6.07, 6.45) is 9.51. The highest BCUT2D eigenvalue weighted by Crippen LogP contribution is 2.39. The highest BCUT2D eigenvalue weighted by Gasteiger charge is 2.30. The molecule has 2 aliphatic heterocycles. The summed E-state index contributed by atoms with van der Waals surface area (Å²) in [6.45, 7) is 2.02. The molecule has 9 heteroatoms. The van der Waals surface area contributed by atoms with E-state index < -0.39 is 0 Å². The van der Waals surface area contributed by atoms with Gasteiger partial charge in [-0.3, -0.25) is 9.69 Å². The van der Waals surface area contributed by atoms with Crippen molar-refractivity contribution in [2.45, 2.75) is 23.8 Å². The van der Waals surface area contributed by atoms with E-state index in [0.717, 1.165) is 37.2 Å². The van der Waals surface area contributed by atoms with Crippen LogP contribution in [-0.4, -0.2) is 34.8 Å². The number of rotatable bonds is 4. The van der Waals surface area contributed by atoms with Crippen LogP contribution in [0.25, 0.3) is 0 Å². The van der Waals surface area contributed by atoms with Gasteiger partial charge in [-0.15, -0.1) is 6.42 Å². The fourth-order valence-electron chi connectivity index (χ4n) is 4.30. The number of piperidine rings is 1. The van der Waals surface area contributed by atoms with Crippen molar-refractivity contribution in [3.63, 3.8) is 0 Å². The molecule has 6 nitrogen and oxygen atoms in total. The summed E-state index contributed by atoms with van der Waals surface area (Å²) >= 11 is 14.0. The van der Waals surface area contributed by atoms with E-state index in [2.05, 4.69) is 32.6 Å². The van der Waals surface area contributed by atoms with Crippen molar-refractivity contribution in [1.29, 1.82) is 0 Å². The standard InChI is InChI=1S/C25H21Cl2N5OS/c1-2-15-12-17(6-7-18(15)16-8-10-28-11-9-16)30-25-29-13-19-23(31-25)34-14-32(24(19)33)22-20(26)4-3-5-21(22)27/h1,3-7,12-13,16,28H,8-11,14H2,(H,29,30,31). The molecular weight excluding hydrogens is 489 g/mol. The molecule has 0 radical (unpaired) electrons. The number of fused-ring (bicyclic) bond motifs is 1. The first-order valence-corrected chi connectivity index (χ1v) is 12.6. The SMILES string of the molecule is C#Cc1cc(Nc2ncc3c(n2)SCN(c2c(Cl)cccc2Cl)C3=O)ccc1C1CCNCC1. The quantitative estimate of drug-likeness (QED) is 0.348. The number of nitrogens with one attached hydrogen (secondary N) is 2. The Morgan fingerprint density at radius 1 is 1.18 bits per heavy atom. The lowest BCUT2D eigenvalue weighted by molar-refractivity contribution is 0.0985. The summed E-state index contributed by atoms with van der Waals surface area (Å²) in [7, 11) is 0. The minimum Gasteiger partial charge on any atom is -0.324 e. The Balaban J connectivity index is 1.37. The molecule has 1 fully saturated rings. The van der Waals surface area contributed by atoms with Crippen LogP contribution in [0.1, 0.15) is 40.2 Å². The lowest BCUT2D eigenvalue weighted by Crippen LogP contribution is -2.35. The molecule has 2 aliphatic rings. The van der Waals surface area contributed by atoms with Crippen molar-refractivity contribution in [2.75, 3.05) is 29.2 Å². The maximum absolute atomic E-state index is 13.1. The summed E-state index contributed by atoms with van der Waals surface area (Å²) in [5, 5.41) is 8.05. The average Bonchev–Trinajstić information content (AvgIpc) is 2.85. The lowest BCUT2D eigenvalue weighted by Gasteiger charge is -2.28. The zero-order valence-electron chi connectivity index (χ0n) is 18.1. The van der Waals surface area contributed by atoms with Gasteiger partial charge in [0.05, 0.1) is 27.2 Å². The third kappa shape index (κ3) is 4.47. The van der Waals surface area contributed by atoms with Crippen LogP contribution in [0.15, 0.2) is 47.6 Å². The minimum atomic E-state index is -0.240. The topological polar surface area (TPSA) is 70.2 Å². The number of para-hydroxylation sites is 1. The van der Waals surface area contributed by atoms with Gasteiger partial charge < -0.3 is 10.6 Å². The number of carbonyl (C=O) groups is 1. The van der Waals surface area contributed by atoms with Crippen molar-refractivity contribution in [2.24, 2.45) is 0 Å². The monoisotopic (exact) mass is 509 g/mol. The van der Waals surface area contributed by atoms with E-state index in [1.54, 1.807) is 23.1 Å². The molecule has 2 N–H and O–H groups in total. The van der Waals surface area contributed by atoms with E-state index in [1.165, 1.54) is 23.5 Å². The Morgan fingerprint density at radius 2 is 1.94 bits per heavy atom. The second kappa shape index (κ2) is 9.85. The van der Waals surface area contributed by atoms with Crippen molar-refractivity contribution < 1.29 is 4.79 Å². The molecule has 1 amide bonds. The highest BCUT2D eigenvalue weighted by molar-refractivity contribution is 7.99. The molecule has 0 spiro atoms. The fraction of sp³-hybridized carbons (Fsp3) is 0.240. The fourth-order valence-corrected chi connectivity index (χ4v) is 5.85. The molecule has 0 bridgehead atoms. The normalized spacial score (nSPS) is 16.1. The second-order valence-corrected chi connectivity index (χ2v) is 9.83. The zero-order chi connectivity index (χ0) is 23.7. The smallest absolute Gasteiger partial charge is 0.263 e. The molecule has 0 aliphatic carbocycles. The summed E-state index contributed by atoms with van der Waals surface area (Å²) in [6, 6.07) is 11.2. The Kier molecular flexibility index (Phi) is 6.66. The third-order valence-corrected chi connectivity index (χ3v) is 7.59. The number of halogens is 2. The number of nitrogens with zero attached hydrogens (tertiary/aromatic N) is 3. The molecule has 0 saturated carbocycles. The minimum absolute atomic E-state index is 0.240. The first kappa shape index (κ1) is 23.0. The Hall–Kier alpha value is -2.76. The van der Waals surface area contributed by atoms with Crippen molar-refractivity contribution >= 4 is 58.2 Å². The van der Waals surface area contributed by atoms with Crippen LogP contribution in [0.2, 0.25) is 10.0 Å². The number of amides is 1. The molecule has 1 aromatic heterocycles. The molecule has 3 aromatic rings. The number of anilines is 3. The van der Waals surface area contributed by atoms with E-state index >= 15 is 0 Å². The average molecular weight is 510 g/mol. The van der Waals surface area contributed by atoms with Gasteiger partial charge >= 0.3 is 0 Å². The van der Waals surface area contributed by atoms with E-state index in [0.29, 0.717) is 44.1 Å². The van der Waals surface area contributed by atoms with Crippen molar-refractivity contribution in [3.05, 3.63) is 69.3 Å². The summed E-state index contributed by atoms with van der Waals surface area (Å²) in [4.78, 5) is 23.6. The van der Waals surface area contributed by atoms with Crippen LogP contribution in [0.3, 0.4) is 0 Å². The summed E-state index contributed by atoms with van der Waals surface area (Å²) in [5.41, 5.74) is 3.80. The molecule has 172 valence electrons. The van der Waals surface area contributed by atoms with Gasteiger partial charge in [0.15, 0.2) is 0 Å². The number of terminal acetylenes is 1. The van der Waals surface area contributed by atoms with Crippen LogP contribution in [0, 0.1) is 12.3 Å². The van der Waals surface area contributed by atoms with E-state index in [1.807, 2.05) is 12.1 Å². The van der Waals surface area contributed by atoms with Crippen LogP contribution in [0.4, 0.5) is 17.3 Å². The van der Waals surface area contributed by atoms with Crippen molar-refractivity contribution in [1.82, 2.24) is 15.3 Å². The molecule has 5 rings (SSSR count). The van der Waals surface area contributed by atoms with Gasteiger partial charge in [-0.1, -0.05) is 53.0 Å². The Labute approximate surface area is 212 Å².